The lowest BCUT2D eigenvalue weighted by Gasteiger charge is -2.02. The van der Waals surface area contributed by atoms with Gasteiger partial charge in [-0.2, -0.15) is 4.98 Å². The molecule has 0 fully saturated rings. The van der Waals surface area contributed by atoms with E-state index in [1.807, 2.05) is 0 Å². The number of rotatable bonds is 3. The first-order valence-corrected chi connectivity index (χ1v) is 5.43. The molecule has 0 aliphatic carbocycles. The molecule has 98 valence electrons. The summed E-state index contributed by atoms with van der Waals surface area (Å²) >= 11 is 0. The molecule has 8 heteroatoms. The molecule has 8 nitrogen and oxygen atoms in total. The van der Waals surface area contributed by atoms with Crippen LogP contribution in [0.3, 0.4) is 0 Å². The monoisotopic (exact) mass is 262 g/mol. The average Bonchev–Trinajstić information content (AvgIpc) is 3.05. The number of amides is 1. The zero-order valence-electron chi connectivity index (χ0n) is 9.97. The average molecular weight is 262 g/mol. The topological polar surface area (TPSA) is 98.4 Å². The molecule has 0 saturated heterocycles. The number of nitrogens with zero attached hydrogens (tertiary/aromatic N) is 2. The number of ether oxygens (including phenoxy) is 3. The maximum atomic E-state index is 12.0. The van der Waals surface area contributed by atoms with E-state index in [4.69, 9.17) is 14.2 Å². The number of carbonyl (C=O) groups is 1. The molecule has 1 aliphatic rings. The highest BCUT2D eigenvalue weighted by Crippen LogP contribution is 2.32. The first-order chi connectivity index (χ1) is 9.26. The van der Waals surface area contributed by atoms with Gasteiger partial charge in [-0.25, -0.2) is 5.10 Å². The predicted molar refractivity (Wildman–Crippen MR) is 63.5 cm³/mol. The number of aromatic amines is 1. The second-order valence-electron chi connectivity index (χ2n) is 3.69. The molecule has 0 radical (unpaired) electrons. The highest BCUT2D eigenvalue weighted by molar-refractivity contribution is 6.03. The van der Waals surface area contributed by atoms with Crippen LogP contribution >= 0.6 is 0 Å². The van der Waals surface area contributed by atoms with Gasteiger partial charge in [-0.05, 0) is 18.2 Å². The van der Waals surface area contributed by atoms with Gasteiger partial charge in [0.2, 0.25) is 12.7 Å². The van der Waals surface area contributed by atoms with Crippen LogP contribution < -0.4 is 19.5 Å². The lowest BCUT2D eigenvalue weighted by Crippen LogP contribution is -2.12. The Hall–Kier alpha value is -2.77. The normalized spacial score (nSPS) is 12.3. The Morgan fingerprint density at radius 2 is 2.26 bits per heavy atom. The Bertz CT molecular complexity index is 625. The summed E-state index contributed by atoms with van der Waals surface area (Å²) in [7, 11) is 1.44. The van der Waals surface area contributed by atoms with Crippen molar-refractivity contribution >= 4 is 11.9 Å². The van der Waals surface area contributed by atoms with E-state index in [1.54, 1.807) is 18.2 Å². The number of hydrogen-bond acceptors (Lipinski definition) is 6. The lowest BCUT2D eigenvalue weighted by molar-refractivity contribution is 0.102. The van der Waals surface area contributed by atoms with Crippen LogP contribution in [0.2, 0.25) is 0 Å². The van der Waals surface area contributed by atoms with Crippen LogP contribution in [0.4, 0.5) is 5.95 Å². The maximum absolute atomic E-state index is 12.0. The third-order valence-electron chi connectivity index (χ3n) is 2.51. The van der Waals surface area contributed by atoms with Gasteiger partial charge in [0.25, 0.3) is 5.91 Å². The number of benzene rings is 1. The number of fused-ring (bicyclic) bond motifs is 1. The van der Waals surface area contributed by atoms with Crippen LogP contribution in [0, 0.1) is 0 Å². The molecule has 1 aliphatic heterocycles. The maximum Gasteiger partial charge on any atom is 0.336 e. The van der Waals surface area contributed by atoms with Crippen molar-refractivity contribution in [2.45, 2.75) is 0 Å². The molecule has 2 N–H and O–H groups in total. The molecule has 3 rings (SSSR count). The summed E-state index contributed by atoms with van der Waals surface area (Å²) in [6.07, 6.45) is 0. The molecule has 0 spiro atoms. The van der Waals surface area contributed by atoms with Crippen molar-refractivity contribution in [3.8, 4) is 17.5 Å². The van der Waals surface area contributed by atoms with Gasteiger partial charge in [-0.3, -0.25) is 10.1 Å². The number of aromatic nitrogens is 3. The van der Waals surface area contributed by atoms with E-state index in [1.165, 1.54) is 7.11 Å². The molecular formula is C11H10N4O4. The summed E-state index contributed by atoms with van der Waals surface area (Å²) in [6, 6.07) is 5.07. The minimum absolute atomic E-state index is 0.154. The third kappa shape index (κ3) is 2.15. The summed E-state index contributed by atoms with van der Waals surface area (Å²) in [6.45, 7) is 0.166. The first kappa shape index (κ1) is 11.3. The molecule has 2 aromatic rings. The van der Waals surface area contributed by atoms with E-state index >= 15 is 0 Å². The molecule has 1 aromatic carbocycles. The smallest absolute Gasteiger partial charge is 0.336 e. The first-order valence-electron chi connectivity index (χ1n) is 5.43. The van der Waals surface area contributed by atoms with Gasteiger partial charge in [0.15, 0.2) is 11.5 Å². The number of nitrogens with one attached hydrogen (secondary N) is 2. The Balaban J connectivity index is 1.76. The van der Waals surface area contributed by atoms with Crippen LogP contribution in [0.15, 0.2) is 18.2 Å². The van der Waals surface area contributed by atoms with Crippen molar-refractivity contribution in [1.82, 2.24) is 15.2 Å². The van der Waals surface area contributed by atoms with Gasteiger partial charge in [0, 0.05) is 5.56 Å². The van der Waals surface area contributed by atoms with Crippen molar-refractivity contribution in [2.24, 2.45) is 0 Å². The van der Waals surface area contributed by atoms with Gasteiger partial charge in [-0.1, -0.05) is 0 Å². The molecule has 1 amide bonds. The largest absolute Gasteiger partial charge is 0.466 e. The van der Waals surface area contributed by atoms with Gasteiger partial charge < -0.3 is 14.2 Å². The summed E-state index contributed by atoms with van der Waals surface area (Å²) in [4.78, 5) is 15.9. The Kier molecular flexibility index (Phi) is 2.67. The van der Waals surface area contributed by atoms with Crippen LogP contribution in [-0.2, 0) is 0 Å². The van der Waals surface area contributed by atoms with Crippen LogP contribution in [0.5, 0.6) is 17.5 Å². The van der Waals surface area contributed by atoms with E-state index in [9.17, 15) is 4.79 Å². The standard InChI is InChI=1S/C11H10N4O4/c1-17-11-13-10(14-15-11)12-9(16)6-2-3-7-8(4-6)19-5-18-7/h2-4H,5H2,1H3,(H2,12,13,14,15,16). The summed E-state index contributed by atoms with van der Waals surface area (Å²) in [5, 5.41) is 8.82. The number of H-pyrrole nitrogens is 1. The quantitative estimate of drug-likeness (QED) is 0.848. The summed E-state index contributed by atoms with van der Waals surface area (Å²) < 4.78 is 15.2. The molecule has 1 aromatic heterocycles. The van der Waals surface area contributed by atoms with E-state index in [-0.39, 0.29) is 24.7 Å². The van der Waals surface area contributed by atoms with Gasteiger partial charge >= 0.3 is 6.01 Å². The van der Waals surface area contributed by atoms with Crippen molar-refractivity contribution in [1.29, 1.82) is 0 Å². The van der Waals surface area contributed by atoms with E-state index in [2.05, 4.69) is 20.5 Å². The van der Waals surface area contributed by atoms with E-state index in [0.29, 0.717) is 17.1 Å². The van der Waals surface area contributed by atoms with Crippen LogP contribution in [0.1, 0.15) is 10.4 Å². The van der Waals surface area contributed by atoms with Crippen LogP contribution in [0.25, 0.3) is 0 Å². The van der Waals surface area contributed by atoms with Crippen LogP contribution in [-0.4, -0.2) is 35.0 Å². The fourth-order valence-corrected chi connectivity index (χ4v) is 1.61. The van der Waals surface area contributed by atoms with Crippen molar-refractivity contribution in [3.05, 3.63) is 23.8 Å². The van der Waals surface area contributed by atoms with Gasteiger partial charge in [0.1, 0.15) is 0 Å². The van der Waals surface area contributed by atoms with Gasteiger partial charge in [0.05, 0.1) is 7.11 Å². The lowest BCUT2D eigenvalue weighted by atomic mass is 10.2. The SMILES string of the molecule is COc1n[nH]c(NC(=O)c2ccc3c(c2)OCO3)n1. The predicted octanol–water partition coefficient (Wildman–Crippen LogP) is 0.794. The van der Waals surface area contributed by atoms with E-state index in [0.717, 1.165) is 0 Å². The molecule has 2 heterocycles. The van der Waals surface area contributed by atoms with Gasteiger partial charge in [-0.15, -0.1) is 5.10 Å². The second-order valence-corrected chi connectivity index (χ2v) is 3.69. The minimum Gasteiger partial charge on any atom is -0.466 e. The highest BCUT2D eigenvalue weighted by atomic mass is 16.7. The second kappa shape index (κ2) is 4.48. The molecule has 0 atom stereocenters. The summed E-state index contributed by atoms with van der Waals surface area (Å²) in [5.74, 6) is 1.04. The Morgan fingerprint density at radius 1 is 1.42 bits per heavy atom. The van der Waals surface area contributed by atoms with Crippen molar-refractivity contribution < 1.29 is 19.0 Å². The van der Waals surface area contributed by atoms with Crippen molar-refractivity contribution in [2.75, 3.05) is 19.2 Å². The third-order valence-corrected chi connectivity index (χ3v) is 2.51. The minimum atomic E-state index is -0.336. The molecule has 19 heavy (non-hydrogen) atoms. The highest BCUT2D eigenvalue weighted by Gasteiger charge is 2.17. The summed E-state index contributed by atoms with van der Waals surface area (Å²) in [5.41, 5.74) is 0.430. The Morgan fingerprint density at radius 3 is 3.05 bits per heavy atom. The number of anilines is 1. The zero-order valence-corrected chi connectivity index (χ0v) is 9.97. The Labute approximate surface area is 107 Å². The molecule has 0 bridgehead atoms. The molecular weight excluding hydrogens is 252 g/mol. The fourth-order valence-electron chi connectivity index (χ4n) is 1.61. The number of hydrogen-bond donors (Lipinski definition) is 2. The number of methoxy groups -OCH3 is 1. The zero-order chi connectivity index (χ0) is 13.2. The fraction of sp³-hybridized carbons (Fsp3) is 0.182. The molecule has 0 unspecified atom stereocenters. The van der Waals surface area contributed by atoms with E-state index < -0.39 is 0 Å². The number of carbonyl (C=O) groups excluding carboxylic acids is 1. The molecule has 0 saturated carbocycles. The van der Waals surface area contributed by atoms with Crippen molar-refractivity contribution in [3.63, 3.8) is 0 Å².